The zero-order valence-corrected chi connectivity index (χ0v) is 9.02. The Kier molecular flexibility index (Phi) is 4.28. The predicted molar refractivity (Wildman–Crippen MR) is 57.6 cm³/mol. The van der Waals surface area contributed by atoms with Crippen molar-refractivity contribution in [3.8, 4) is 0 Å². The third kappa shape index (κ3) is 3.52. The summed E-state index contributed by atoms with van der Waals surface area (Å²) in [6, 6.07) is 5.96. The molecule has 0 radical (unpaired) electrons. The summed E-state index contributed by atoms with van der Waals surface area (Å²) in [7, 11) is 0. The summed E-state index contributed by atoms with van der Waals surface area (Å²) in [5.74, 6) is -1.76. The number of nitrogens with zero attached hydrogens (tertiary/aromatic N) is 1. The van der Waals surface area contributed by atoms with Crippen molar-refractivity contribution in [2.75, 3.05) is 5.06 Å². The summed E-state index contributed by atoms with van der Waals surface area (Å²) in [5, 5.41) is 18.7. The van der Waals surface area contributed by atoms with Crippen molar-refractivity contribution in [2.24, 2.45) is 0 Å². The van der Waals surface area contributed by atoms with E-state index in [1.165, 1.54) is 24.3 Å². The maximum absolute atomic E-state index is 11.3. The zero-order valence-electron chi connectivity index (χ0n) is 8.26. The summed E-state index contributed by atoms with van der Waals surface area (Å²) in [5.41, 5.74) is 0.250. The van der Waals surface area contributed by atoms with Crippen molar-refractivity contribution in [2.45, 2.75) is 12.8 Å². The number of anilines is 1. The van der Waals surface area contributed by atoms with Crippen LogP contribution in [0.3, 0.4) is 0 Å². The molecule has 6 heteroatoms. The average molecular weight is 244 g/mol. The first-order valence-electron chi connectivity index (χ1n) is 4.50. The number of carboxylic acids is 1. The molecule has 0 saturated heterocycles. The van der Waals surface area contributed by atoms with Crippen molar-refractivity contribution >= 4 is 29.2 Å². The third-order valence-electron chi connectivity index (χ3n) is 1.86. The van der Waals surface area contributed by atoms with Gasteiger partial charge in [-0.2, -0.15) is 5.06 Å². The molecule has 0 bridgehead atoms. The Bertz CT molecular complexity index is 390. The van der Waals surface area contributed by atoms with Gasteiger partial charge in [0.25, 0.3) is 5.91 Å². The first-order chi connectivity index (χ1) is 7.50. The number of hydroxylamine groups is 1. The maximum Gasteiger partial charge on any atom is 0.303 e. The van der Waals surface area contributed by atoms with Crippen molar-refractivity contribution < 1.29 is 19.9 Å². The molecule has 1 amide bonds. The van der Waals surface area contributed by atoms with E-state index in [0.717, 1.165) is 0 Å². The van der Waals surface area contributed by atoms with Gasteiger partial charge >= 0.3 is 5.97 Å². The number of amides is 1. The predicted octanol–water partition coefficient (Wildman–Crippen LogP) is 1.93. The smallest absolute Gasteiger partial charge is 0.303 e. The van der Waals surface area contributed by atoms with Gasteiger partial charge in [-0.25, -0.2) is 0 Å². The third-order valence-corrected chi connectivity index (χ3v) is 2.11. The minimum absolute atomic E-state index is 0.250. The largest absolute Gasteiger partial charge is 0.481 e. The fourth-order valence-corrected chi connectivity index (χ4v) is 1.17. The van der Waals surface area contributed by atoms with Crippen LogP contribution in [0.5, 0.6) is 0 Å². The molecule has 0 saturated carbocycles. The number of carbonyl (C=O) groups is 2. The molecule has 5 nitrogen and oxygen atoms in total. The minimum atomic E-state index is -1.09. The van der Waals surface area contributed by atoms with E-state index in [-0.39, 0.29) is 18.5 Å². The van der Waals surface area contributed by atoms with E-state index in [2.05, 4.69) is 0 Å². The van der Waals surface area contributed by atoms with Gasteiger partial charge in [0.1, 0.15) is 0 Å². The van der Waals surface area contributed by atoms with E-state index in [4.69, 9.17) is 16.7 Å². The Morgan fingerprint density at radius 2 is 1.75 bits per heavy atom. The van der Waals surface area contributed by atoms with Crippen LogP contribution < -0.4 is 5.06 Å². The lowest BCUT2D eigenvalue weighted by Crippen LogP contribution is -2.27. The zero-order chi connectivity index (χ0) is 12.1. The molecular formula is C10H10ClNO4. The van der Waals surface area contributed by atoms with Crippen LogP contribution in [0.4, 0.5) is 5.69 Å². The van der Waals surface area contributed by atoms with Gasteiger partial charge in [0.15, 0.2) is 0 Å². The van der Waals surface area contributed by atoms with Gasteiger partial charge in [-0.05, 0) is 24.3 Å². The molecular weight excluding hydrogens is 234 g/mol. The second kappa shape index (κ2) is 5.48. The molecule has 1 aromatic rings. The van der Waals surface area contributed by atoms with Crippen molar-refractivity contribution in [3.63, 3.8) is 0 Å². The number of carboxylic acid groups (broad SMARTS) is 1. The Hall–Kier alpha value is -1.59. The molecule has 0 spiro atoms. The summed E-state index contributed by atoms with van der Waals surface area (Å²) in [6.45, 7) is 0. The normalized spacial score (nSPS) is 9.88. The minimum Gasteiger partial charge on any atom is -0.481 e. The molecule has 0 unspecified atom stereocenters. The Morgan fingerprint density at radius 3 is 2.25 bits per heavy atom. The van der Waals surface area contributed by atoms with Gasteiger partial charge in [0.2, 0.25) is 0 Å². The van der Waals surface area contributed by atoms with Gasteiger partial charge in [0.05, 0.1) is 12.1 Å². The first-order valence-corrected chi connectivity index (χ1v) is 4.87. The number of halogens is 1. The molecule has 0 aliphatic carbocycles. The van der Waals surface area contributed by atoms with Gasteiger partial charge in [-0.15, -0.1) is 0 Å². The number of carbonyl (C=O) groups excluding carboxylic acids is 1. The molecule has 0 atom stereocenters. The summed E-state index contributed by atoms with van der Waals surface area (Å²) in [4.78, 5) is 21.6. The monoisotopic (exact) mass is 243 g/mol. The van der Waals surface area contributed by atoms with Crippen LogP contribution >= 0.6 is 11.6 Å². The lowest BCUT2D eigenvalue weighted by molar-refractivity contribution is -0.139. The fraction of sp³-hybridized carbons (Fsp3) is 0.200. The van der Waals surface area contributed by atoms with E-state index in [9.17, 15) is 14.8 Å². The van der Waals surface area contributed by atoms with Crippen molar-refractivity contribution in [1.29, 1.82) is 0 Å². The lowest BCUT2D eigenvalue weighted by atomic mass is 10.2. The average Bonchev–Trinajstić information content (AvgIpc) is 2.26. The quantitative estimate of drug-likeness (QED) is 0.626. The van der Waals surface area contributed by atoms with Gasteiger partial charge < -0.3 is 5.11 Å². The lowest BCUT2D eigenvalue weighted by Gasteiger charge is -2.14. The molecule has 0 aliphatic heterocycles. The van der Waals surface area contributed by atoms with E-state index in [0.29, 0.717) is 10.1 Å². The molecule has 1 rings (SSSR count). The summed E-state index contributed by atoms with van der Waals surface area (Å²) in [6.07, 6.45) is -0.571. The highest BCUT2D eigenvalue weighted by Crippen LogP contribution is 2.17. The van der Waals surface area contributed by atoms with Crippen LogP contribution in [0.1, 0.15) is 12.8 Å². The number of rotatable bonds is 4. The Morgan fingerprint density at radius 1 is 1.19 bits per heavy atom. The number of hydrogen-bond donors (Lipinski definition) is 2. The Labute approximate surface area is 96.8 Å². The molecule has 86 valence electrons. The van der Waals surface area contributed by atoms with Crippen molar-refractivity contribution in [3.05, 3.63) is 29.3 Å². The first kappa shape index (κ1) is 12.5. The van der Waals surface area contributed by atoms with Gasteiger partial charge in [-0.1, -0.05) is 11.6 Å². The SMILES string of the molecule is O=C(O)CCC(=O)N(O)c1ccc(Cl)cc1. The topological polar surface area (TPSA) is 77.8 Å². The van der Waals surface area contributed by atoms with Crippen molar-refractivity contribution in [1.82, 2.24) is 0 Å². The second-order valence-electron chi connectivity index (χ2n) is 3.08. The standard InChI is InChI=1S/C10H10ClNO4/c11-7-1-3-8(4-2-7)12(16)9(13)5-6-10(14)15/h1-4,16H,5-6H2,(H,14,15). The number of hydrogen-bond acceptors (Lipinski definition) is 3. The van der Waals surface area contributed by atoms with Gasteiger partial charge in [0, 0.05) is 11.4 Å². The maximum atomic E-state index is 11.3. The number of benzene rings is 1. The number of aliphatic carboxylic acids is 1. The van der Waals surface area contributed by atoms with Crippen LogP contribution in [0, 0.1) is 0 Å². The van der Waals surface area contributed by atoms with E-state index in [1.807, 2.05) is 0 Å². The van der Waals surface area contributed by atoms with E-state index >= 15 is 0 Å². The van der Waals surface area contributed by atoms with Crippen LogP contribution in [-0.2, 0) is 9.59 Å². The fourth-order valence-electron chi connectivity index (χ4n) is 1.05. The summed E-state index contributed by atoms with van der Waals surface area (Å²) < 4.78 is 0. The van der Waals surface area contributed by atoms with Crippen LogP contribution in [0.2, 0.25) is 5.02 Å². The highest BCUT2D eigenvalue weighted by molar-refractivity contribution is 6.30. The van der Waals surface area contributed by atoms with E-state index in [1.54, 1.807) is 0 Å². The highest BCUT2D eigenvalue weighted by Gasteiger charge is 2.14. The van der Waals surface area contributed by atoms with Crippen LogP contribution in [-0.4, -0.2) is 22.2 Å². The van der Waals surface area contributed by atoms with Gasteiger partial charge in [-0.3, -0.25) is 14.8 Å². The summed E-state index contributed by atoms with van der Waals surface area (Å²) >= 11 is 5.64. The molecule has 2 N–H and O–H groups in total. The molecule has 0 aromatic heterocycles. The molecule has 16 heavy (non-hydrogen) atoms. The Balaban J connectivity index is 2.63. The van der Waals surface area contributed by atoms with Crippen LogP contribution in [0.15, 0.2) is 24.3 Å². The second-order valence-corrected chi connectivity index (χ2v) is 3.51. The molecule has 0 aliphatic rings. The van der Waals surface area contributed by atoms with E-state index < -0.39 is 11.9 Å². The molecule has 0 heterocycles. The molecule has 1 aromatic carbocycles. The highest BCUT2D eigenvalue weighted by atomic mass is 35.5. The van der Waals surface area contributed by atoms with Crippen LogP contribution in [0.25, 0.3) is 0 Å². The molecule has 0 fully saturated rings.